The minimum absolute atomic E-state index is 0.0386. The van der Waals surface area contributed by atoms with Gasteiger partial charge in [0.05, 0.1) is 5.56 Å². The lowest BCUT2D eigenvalue weighted by Gasteiger charge is -2.24. The van der Waals surface area contributed by atoms with Crippen LogP contribution in [0, 0.1) is 12.7 Å². The fraction of sp³-hybridized carbons (Fsp3) is 0.294. The molecule has 1 aliphatic heterocycles. The largest absolute Gasteiger partial charge is 0.355 e. The first-order valence-electron chi connectivity index (χ1n) is 8.03. The molecule has 1 aromatic carbocycles. The summed E-state index contributed by atoms with van der Waals surface area (Å²) in [5, 5.41) is 14.9. The molecule has 2 aromatic heterocycles. The van der Waals surface area contributed by atoms with Crippen molar-refractivity contribution in [2.75, 3.05) is 0 Å². The summed E-state index contributed by atoms with van der Waals surface area (Å²) >= 11 is 0. The molecular weight excluding hydrogens is 325 g/mol. The van der Waals surface area contributed by atoms with Gasteiger partial charge in [-0.25, -0.2) is 4.39 Å². The van der Waals surface area contributed by atoms with Gasteiger partial charge < -0.3 is 14.4 Å². The highest BCUT2D eigenvalue weighted by atomic mass is 19.1. The molecule has 7 nitrogen and oxygen atoms in total. The van der Waals surface area contributed by atoms with Crippen LogP contribution in [0.25, 0.3) is 11.3 Å². The Balaban J connectivity index is 1.48. The molecule has 128 valence electrons. The average molecular weight is 341 g/mol. The zero-order chi connectivity index (χ0) is 17.4. The van der Waals surface area contributed by atoms with Gasteiger partial charge in [-0.1, -0.05) is 17.3 Å². The lowest BCUT2D eigenvalue weighted by molar-refractivity contribution is 0.0918. The number of aromatic nitrogens is 4. The first-order chi connectivity index (χ1) is 12.1. The molecule has 0 saturated heterocycles. The van der Waals surface area contributed by atoms with Crippen molar-refractivity contribution in [1.82, 2.24) is 25.2 Å². The summed E-state index contributed by atoms with van der Waals surface area (Å²) in [5.41, 5.74) is 0.404. The summed E-state index contributed by atoms with van der Waals surface area (Å²) in [5.74, 6) is 1.23. The van der Waals surface area contributed by atoms with E-state index in [1.807, 2.05) is 11.5 Å². The third-order valence-corrected chi connectivity index (χ3v) is 4.35. The monoisotopic (exact) mass is 341 g/mol. The number of aryl methyl sites for hydroxylation is 2. The summed E-state index contributed by atoms with van der Waals surface area (Å²) in [6.45, 7) is 2.51. The van der Waals surface area contributed by atoms with Crippen LogP contribution in [0.2, 0.25) is 0 Å². The number of hydrogen-bond donors (Lipinski definition) is 1. The lowest BCUT2D eigenvalue weighted by atomic mass is 10.1. The molecule has 3 aromatic rings. The summed E-state index contributed by atoms with van der Waals surface area (Å²) in [4.78, 5) is 12.4. The van der Waals surface area contributed by atoms with Crippen LogP contribution in [-0.2, 0) is 13.0 Å². The van der Waals surface area contributed by atoms with Crippen molar-refractivity contribution in [3.05, 3.63) is 53.5 Å². The Labute approximate surface area is 142 Å². The van der Waals surface area contributed by atoms with Crippen LogP contribution in [0.4, 0.5) is 4.39 Å². The molecule has 0 radical (unpaired) electrons. The summed E-state index contributed by atoms with van der Waals surface area (Å²) in [7, 11) is 0. The van der Waals surface area contributed by atoms with E-state index in [1.54, 1.807) is 18.2 Å². The maximum atomic E-state index is 13.8. The summed E-state index contributed by atoms with van der Waals surface area (Å²) in [6, 6.07) is 7.61. The molecule has 8 heteroatoms. The molecule has 4 rings (SSSR count). The van der Waals surface area contributed by atoms with E-state index in [4.69, 9.17) is 4.52 Å². The van der Waals surface area contributed by atoms with Crippen LogP contribution in [0.5, 0.6) is 0 Å². The van der Waals surface area contributed by atoms with Gasteiger partial charge in [0.2, 0.25) is 0 Å². The van der Waals surface area contributed by atoms with Crippen LogP contribution >= 0.6 is 0 Å². The number of nitrogens with one attached hydrogen (secondary N) is 1. The van der Waals surface area contributed by atoms with Crippen LogP contribution < -0.4 is 5.32 Å². The number of rotatable bonds is 3. The number of amides is 1. The predicted octanol–water partition coefficient (Wildman–Crippen LogP) is 2.13. The van der Waals surface area contributed by atoms with E-state index >= 15 is 0 Å². The van der Waals surface area contributed by atoms with Gasteiger partial charge >= 0.3 is 0 Å². The van der Waals surface area contributed by atoms with Gasteiger partial charge in [-0.2, -0.15) is 0 Å². The highest BCUT2D eigenvalue weighted by Gasteiger charge is 2.24. The van der Waals surface area contributed by atoms with Crippen molar-refractivity contribution in [2.24, 2.45) is 0 Å². The van der Waals surface area contributed by atoms with E-state index in [2.05, 4.69) is 20.7 Å². The molecule has 25 heavy (non-hydrogen) atoms. The summed E-state index contributed by atoms with van der Waals surface area (Å²) in [6.07, 6.45) is 1.53. The zero-order valence-electron chi connectivity index (χ0n) is 13.6. The van der Waals surface area contributed by atoms with Gasteiger partial charge in [-0.15, -0.1) is 10.2 Å². The van der Waals surface area contributed by atoms with Crippen molar-refractivity contribution in [3.8, 4) is 11.3 Å². The Kier molecular flexibility index (Phi) is 3.79. The number of carbonyl (C=O) groups excluding carboxylic acids is 1. The highest BCUT2D eigenvalue weighted by molar-refractivity contribution is 5.93. The fourth-order valence-electron chi connectivity index (χ4n) is 3.01. The Morgan fingerprint density at radius 3 is 3.04 bits per heavy atom. The van der Waals surface area contributed by atoms with E-state index < -0.39 is 5.82 Å². The van der Waals surface area contributed by atoms with E-state index in [9.17, 15) is 9.18 Å². The first-order valence-corrected chi connectivity index (χ1v) is 8.03. The van der Waals surface area contributed by atoms with Crippen molar-refractivity contribution in [2.45, 2.75) is 32.4 Å². The van der Waals surface area contributed by atoms with Crippen molar-refractivity contribution < 1.29 is 13.7 Å². The molecule has 0 aliphatic carbocycles. The highest BCUT2D eigenvalue weighted by Crippen LogP contribution is 2.23. The fourth-order valence-corrected chi connectivity index (χ4v) is 3.01. The van der Waals surface area contributed by atoms with Gasteiger partial charge in [-0.05, 0) is 25.5 Å². The van der Waals surface area contributed by atoms with Crippen LogP contribution in [0.1, 0.15) is 28.6 Å². The Morgan fingerprint density at radius 1 is 1.36 bits per heavy atom. The Bertz CT molecular complexity index is 933. The Morgan fingerprint density at radius 2 is 2.20 bits per heavy atom. The van der Waals surface area contributed by atoms with Gasteiger partial charge in [-0.3, -0.25) is 4.79 Å². The SMILES string of the molecule is Cc1nnc2n1CC(NC(=O)c1cc(-c3ccccc3F)on1)CC2. The summed E-state index contributed by atoms with van der Waals surface area (Å²) < 4.78 is 20.9. The first kappa shape index (κ1) is 15.5. The molecule has 1 unspecified atom stereocenters. The third-order valence-electron chi connectivity index (χ3n) is 4.35. The average Bonchev–Trinajstić information content (AvgIpc) is 3.23. The predicted molar refractivity (Wildman–Crippen MR) is 86.2 cm³/mol. The van der Waals surface area contributed by atoms with Crippen molar-refractivity contribution >= 4 is 5.91 Å². The van der Waals surface area contributed by atoms with E-state index in [0.717, 1.165) is 24.5 Å². The van der Waals surface area contributed by atoms with Gasteiger partial charge in [0.25, 0.3) is 5.91 Å². The Hall–Kier alpha value is -3.03. The van der Waals surface area contributed by atoms with Crippen molar-refractivity contribution in [3.63, 3.8) is 0 Å². The second-order valence-corrected chi connectivity index (χ2v) is 6.04. The normalized spacial score (nSPS) is 16.5. The van der Waals surface area contributed by atoms with Gasteiger partial charge in [0.15, 0.2) is 11.5 Å². The molecule has 1 aliphatic rings. The van der Waals surface area contributed by atoms with E-state index in [1.165, 1.54) is 12.1 Å². The lowest BCUT2D eigenvalue weighted by Crippen LogP contribution is -2.41. The molecule has 3 heterocycles. The molecule has 0 spiro atoms. The third kappa shape index (κ3) is 2.90. The quantitative estimate of drug-likeness (QED) is 0.789. The molecule has 0 fully saturated rings. The maximum absolute atomic E-state index is 13.8. The van der Waals surface area contributed by atoms with E-state index in [0.29, 0.717) is 6.54 Å². The number of halogens is 1. The second-order valence-electron chi connectivity index (χ2n) is 6.04. The minimum atomic E-state index is -0.423. The topological polar surface area (TPSA) is 85.8 Å². The number of hydrogen-bond acceptors (Lipinski definition) is 5. The smallest absolute Gasteiger partial charge is 0.273 e. The number of benzene rings is 1. The number of nitrogens with zero attached hydrogens (tertiary/aromatic N) is 4. The van der Waals surface area contributed by atoms with Gasteiger partial charge in [0, 0.05) is 25.1 Å². The molecule has 1 N–H and O–H groups in total. The van der Waals surface area contributed by atoms with Crippen LogP contribution in [0.3, 0.4) is 0 Å². The van der Waals surface area contributed by atoms with E-state index in [-0.39, 0.29) is 29.0 Å². The molecular formula is C17H16FN5O2. The molecule has 0 saturated carbocycles. The zero-order valence-corrected chi connectivity index (χ0v) is 13.6. The molecule has 0 bridgehead atoms. The number of fused-ring (bicyclic) bond motifs is 1. The maximum Gasteiger partial charge on any atom is 0.273 e. The van der Waals surface area contributed by atoms with Gasteiger partial charge in [0.1, 0.15) is 17.5 Å². The standard InChI is InChI=1S/C17H16FN5O2/c1-10-20-21-16-7-6-11(9-23(10)16)19-17(24)14-8-15(25-22-14)12-4-2-3-5-13(12)18/h2-5,8,11H,6-7,9H2,1H3,(H,19,24). The molecule has 1 amide bonds. The van der Waals surface area contributed by atoms with Crippen LogP contribution in [-0.4, -0.2) is 31.9 Å². The second kappa shape index (κ2) is 6.12. The van der Waals surface area contributed by atoms with Crippen LogP contribution in [0.15, 0.2) is 34.9 Å². The molecule has 1 atom stereocenters. The minimum Gasteiger partial charge on any atom is -0.355 e. The number of carbonyl (C=O) groups is 1. The van der Waals surface area contributed by atoms with Crippen molar-refractivity contribution in [1.29, 1.82) is 0 Å².